The molecule has 1 aliphatic rings. The van der Waals surface area contributed by atoms with E-state index in [2.05, 4.69) is 13.8 Å². The van der Waals surface area contributed by atoms with Crippen LogP contribution < -0.4 is 5.73 Å². The van der Waals surface area contributed by atoms with Crippen molar-refractivity contribution in [1.82, 2.24) is 0 Å². The average molecular weight is 155 g/mol. The van der Waals surface area contributed by atoms with Gasteiger partial charge in [0.25, 0.3) is 0 Å². The molecular weight excluding hydrogens is 134 g/mol. The van der Waals surface area contributed by atoms with Gasteiger partial charge in [-0.3, -0.25) is 0 Å². The molecular formula is C10H21N. The summed E-state index contributed by atoms with van der Waals surface area (Å²) >= 11 is 0. The molecule has 66 valence electrons. The Kier molecular flexibility index (Phi) is 3.38. The van der Waals surface area contributed by atoms with Gasteiger partial charge in [0.15, 0.2) is 0 Å². The SMILES string of the molecule is CCC(C)C1CCC(N)CC1. The summed E-state index contributed by atoms with van der Waals surface area (Å²) in [7, 11) is 0. The molecule has 1 nitrogen and oxygen atoms in total. The number of rotatable bonds is 2. The highest BCUT2D eigenvalue weighted by Crippen LogP contribution is 2.30. The van der Waals surface area contributed by atoms with Crippen molar-refractivity contribution in [3.8, 4) is 0 Å². The third-order valence-corrected chi connectivity index (χ3v) is 3.27. The van der Waals surface area contributed by atoms with E-state index in [0.717, 1.165) is 11.8 Å². The first-order chi connectivity index (χ1) is 5.24. The van der Waals surface area contributed by atoms with Crippen LogP contribution in [0.2, 0.25) is 0 Å². The van der Waals surface area contributed by atoms with Crippen LogP contribution >= 0.6 is 0 Å². The molecule has 11 heavy (non-hydrogen) atoms. The van der Waals surface area contributed by atoms with Crippen molar-refractivity contribution in [1.29, 1.82) is 0 Å². The highest BCUT2D eigenvalue weighted by atomic mass is 14.6. The van der Waals surface area contributed by atoms with Crippen LogP contribution in [0.4, 0.5) is 0 Å². The van der Waals surface area contributed by atoms with Gasteiger partial charge in [-0.05, 0) is 37.5 Å². The molecule has 1 unspecified atom stereocenters. The largest absolute Gasteiger partial charge is 0.328 e. The molecule has 1 fully saturated rings. The highest BCUT2D eigenvalue weighted by Gasteiger charge is 2.21. The molecule has 0 aromatic carbocycles. The molecule has 0 bridgehead atoms. The smallest absolute Gasteiger partial charge is 0.00390 e. The van der Waals surface area contributed by atoms with E-state index in [1.165, 1.54) is 32.1 Å². The summed E-state index contributed by atoms with van der Waals surface area (Å²) in [6, 6.07) is 0.510. The predicted molar refractivity (Wildman–Crippen MR) is 49.4 cm³/mol. The zero-order chi connectivity index (χ0) is 8.27. The normalized spacial score (nSPS) is 35.2. The standard InChI is InChI=1S/C10H21N/c1-3-8(2)9-4-6-10(11)7-5-9/h8-10H,3-7,11H2,1-2H3. The van der Waals surface area contributed by atoms with Gasteiger partial charge >= 0.3 is 0 Å². The maximum atomic E-state index is 5.84. The van der Waals surface area contributed by atoms with E-state index in [1.807, 2.05) is 0 Å². The van der Waals surface area contributed by atoms with Crippen molar-refractivity contribution in [3.63, 3.8) is 0 Å². The number of nitrogens with two attached hydrogens (primary N) is 1. The topological polar surface area (TPSA) is 26.0 Å². The Labute approximate surface area is 70.4 Å². The minimum Gasteiger partial charge on any atom is -0.328 e. The van der Waals surface area contributed by atoms with E-state index in [9.17, 15) is 0 Å². The summed E-state index contributed by atoms with van der Waals surface area (Å²) in [6.07, 6.45) is 6.59. The van der Waals surface area contributed by atoms with E-state index in [0.29, 0.717) is 6.04 Å². The second kappa shape index (κ2) is 4.10. The van der Waals surface area contributed by atoms with Crippen LogP contribution in [-0.2, 0) is 0 Å². The van der Waals surface area contributed by atoms with Crippen molar-refractivity contribution < 1.29 is 0 Å². The fourth-order valence-corrected chi connectivity index (χ4v) is 2.05. The van der Waals surface area contributed by atoms with Crippen molar-refractivity contribution in [2.75, 3.05) is 0 Å². The lowest BCUT2D eigenvalue weighted by Gasteiger charge is -2.29. The third kappa shape index (κ3) is 2.48. The zero-order valence-electron chi connectivity index (χ0n) is 7.84. The molecule has 2 N–H and O–H groups in total. The van der Waals surface area contributed by atoms with Gasteiger partial charge in [0, 0.05) is 6.04 Å². The molecule has 0 aliphatic heterocycles. The van der Waals surface area contributed by atoms with Gasteiger partial charge in [-0.2, -0.15) is 0 Å². The molecule has 0 heterocycles. The molecule has 0 spiro atoms. The first-order valence-corrected chi connectivity index (χ1v) is 4.99. The van der Waals surface area contributed by atoms with Crippen LogP contribution in [0.5, 0.6) is 0 Å². The predicted octanol–water partition coefficient (Wildman–Crippen LogP) is 2.55. The number of hydrogen-bond acceptors (Lipinski definition) is 1. The maximum Gasteiger partial charge on any atom is 0.00390 e. The molecule has 0 saturated heterocycles. The van der Waals surface area contributed by atoms with Crippen LogP contribution in [0.1, 0.15) is 46.0 Å². The first-order valence-electron chi connectivity index (χ1n) is 4.99. The van der Waals surface area contributed by atoms with Crippen molar-refractivity contribution >= 4 is 0 Å². The lowest BCUT2D eigenvalue weighted by atomic mass is 9.78. The van der Waals surface area contributed by atoms with Gasteiger partial charge in [-0.25, -0.2) is 0 Å². The summed E-state index contributed by atoms with van der Waals surface area (Å²) in [5.74, 6) is 1.89. The van der Waals surface area contributed by atoms with E-state index in [1.54, 1.807) is 0 Å². The first kappa shape index (κ1) is 9.05. The van der Waals surface area contributed by atoms with Crippen LogP contribution in [0.15, 0.2) is 0 Å². The molecule has 1 rings (SSSR count). The third-order valence-electron chi connectivity index (χ3n) is 3.27. The molecule has 1 heteroatoms. The van der Waals surface area contributed by atoms with Crippen LogP contribution in [0, 0.1) is 11.8 Å². The second-order valence-electron chi connectivity index (χ2n) is 4.06. The Morgan fingerprint density at radius 1 is 1.27 bits per heavy atom. The monoisotopic (exact) mass is 155 g/mol. The Hall–Kier alpha value is -0.0400. The van der Waals surface area contributed by atoms with E-state index < -0.39 is 0 Å². The van der Waals surface area contributed by atoms with Crippen LogP contribution in [0.25, 0.3) is 0 Å². The van der Waals surface area contributed by atoms with Crippen LogP contribution in [-0.4, -0.2) is 6.04 Å². The van der Waals surface area contributed by atoms with Crippen LogP contribution in [0.3, 0.4) is 0 Å². The molecule has 0 aromatic rings. The summed E-state index contributed by atoms with van der Waals surface area (Å²) in [5.41, 5.74) is 5.84. The van der Waals surface area contributed by atoms with Gasteiger partial charge in [-0.15, -0.1) is 0 Å². The molecule has 1 atom stereocenters. The quantitative estimate of drug-likeness (QED) is 0.651. The van der Waals surface area contributed by atoms with Gasteiger partial charge in [-0.1, -0.05) is 20.3 Å². The minimum atomic E-state index is 0.510. The molecule has 1 saturated carbocycles. The second-order valence-corrected chi connectivity index (χ2v) is 4.06. The fraction of sp³-hybridized carbons (Fsp3) is 1.00. The van der Waals surface area contributed by atoms with Gasteiger partial charge in [0.05, 0.1) is 0 Å². The van der Waals surface area contributed by atoms with E-state index in [4.69, 9.17) is 5.73 Å². The van der Waals surface area contributed by atoms with Gasteiger partial charge in [0.2, 0.25) is 0 Å². The fourth-order valence-electron chi connectivity index (χ4n) is 2.05. The zero-order valence-corrected chi connectivity index (χ0v) is 7.84. The van der Waals surface area contributed by atoms with E-state index >= 15 is 0 Å². The Bertz CT molecular complexity index is 103. The number of hydrogen-bond donors (Lipinski definition) is 1. The highest BCUT2D eigenvalue weighted by molar-refractivity contribution is 4.76. The lowest BCUT2D eigenvalue weighted by Crippen LogP contribution is -2.28. The molecule has 0 amide bonds. The Morgan fingerprint density at radius 2 is 1.82 bits per heavy atom. The van der Waals surface area contributed by atoms with Crippen molar-refractivity contribution in [3.05, 3.63) is 0 Å². The maximum absolute atomic E-state index is 5.84. The lowest BCUT2D eigenvalue weighted by molar-refractivity contribution is 0.241. The summed E-state index contributed by atoms with van der Waals surface area (Å²) in [6.45, 7) is 4.67. The summed E-state index contributed by atoms with van der Waals surface area (Å²) in [4.78, 5) is 0. The van der Waals surface area contributed by atoms with Crippen molar-refractivity contribution in [2.24, 2.45) is 17.6 Å². The summed E-state index contributed by atoms with van der Waals surface area (Å²) in [5, 5.41) is 0. The molecule has 0 radical (unpaired) electrons. The Balaban J connectivity index is 2.27. The molecule has 1 aliphatic carbocycles. The minimum absolute atomic E-state index is 0.510. The molecule has 0 aromatic heterocycles. The summed E-state index contributed by atoms with van der Waals surface area (Å²) < 4.78 is 0. The van der Waals surface area contributed by atoms with Gasteiger partial charge in [0.1, 0.15) is 0 Å². The van der Waals surface area contributed by atoms with Crippen molar-refractivity contribution in [2.45, 2.75) is 52.0 Å². The Morgan fingerprint density at radius 3 is 2.27 bits per heavy atom. The average Bonchev–Trinajstić information content (AvgIpc) is 2.05. The van der Waals surface area contributed by atoms with Gasteiger partial charge < -0.3 is 5.73 Å². The van der Waals surface area contributed by atoms with E-state index in [-0.39, 0.29) is 0 Å².